The summed E-state index contributed by atoms with van der Waals surface area (Å²) in [6.07, 6.45) is 8.69. The molecule has 0 unspecified atom stereocenters. The summed E-state index contributed by atoms with van der Waals surface area (Å²) >= 11 is 0. The van der Waals surface area contributed by atoms with Gasteiger partial charge in [0.1, 0.15) is 0 Å². The molecule has 82 valence electrons. The molecule has 1 heteroatoms. The highest BCUT2D eigenvalue weighted by molar-refractivity contribution is 4.59. The van der Waals surface area contributed by atoms with Gasteiger partial charge in [0.15, 0.2) is 0 Å². The lowest BCUT2D eigenvalue weighted by Crippen LogP contribution is -1.99. The van der Waals surface area contributed by atoms with E-state index in [4.69, 9.17) is 0 Å². The zero-order valence-corrected chi connectivity index (χ0v) is 10.3. The summed E-state index contributed by atoms with van der Waals surface area (Å²) in [6, 6.07) is 0. The zero-order chi connectivity index (χ0) is 10.5. The normalized spacial score (nSPS) is 16.4. The van der Waals surface area contributed by atoms with Crippen molar-refractivity contribution in [3.05, 3.63) is 0 Å². The van der Waals surface area contributed by atoms with Crippen LogP contribution in [-0.4, -0.2) is 14.1 Å². The fourth-order valence-corrected chi connectivity index (χ4v) is 1.31. The van der Waals surface area contributed by atoms with Gasteiger partial charge in [0.05, 0.1) is 0 Å². The van der Waals surface area contributed by atoms with Crippen LogP contribution in [0, 0.1) is 5.92 Å². The van der Waals surface area contributed by atoms with Gasteiger partial charge in [0.2, 0.25) is 0 Å². The molecule has 0 aromatic rings. The standard InChI is InChI=1S/C7H14.C3H8.C2H7N/c1-7-5-3-2-4-6-7;2*1-3-2/h7H,2-6H2,1H3;3H2,1-2H3;3H,1-2H3. The maximum absolute atomic E-state index is 2.75. The molecule has 0 amide bonds. The van der Waals surface area contributed by atoms with Gasteiger partial charge in [0.25, 0.3) is 0 Å². The van der Waals surface area contributed by atoms with Gasteiger partial charge in [-0.3, -0.25) is 0 Å². The van der Waals surface area contributed by atoms with Crippen molar-refractivity contribution in [3.8, 4) is 0 Å². The minimum Gasteiger partial charge on any atom is -0.323 e. The van der Waals surface area contributed by atoms with Gasteiger partial charge in [0, 0.05) is 0 Å². The first kappa shape index (κ1) is 15.4. The zero-order valence-electron chi connectivity index (χ0n) is 10.3. The molecule has 1 nitrogen and oxygen atoms in total. The van der Waals surface area contributed by atoms with Gasteiger partial charge in [-0.2, -0.15) is 0 Å². The van der Waals surface area contributed by atoms with E-state index in [1.807, 2.05) is 14.1 Å². The Balaban J connectivity index is 0. The fourth-order valence-electron chi connectivity index (χ4n) is 1.31. The van der Waals surface area contributed by atoms with Crippen LogP contribution >= 0.6 is 0 Å². The Morgan fingerprint density at radius 3 is 1.46 bits per heavy atom. The number of hydrogen-bond acceptors (Lipinski definition) is 1. The molecule has 1 N–H and O–H groups in total. The van der Waals surface area contributed by atoms with Crippen LogP contribution in [0.4, 0.5) is 0 Å². The van der Waals surface area contributed by atoms with Crippen molar-refractivity contribution >= 4 is 0 Å². The SMILES string of the molecule is CC1CCCCC1.CCC.CNC. The quantitative estimate of drug-likeness (QED) is 0.607. The Labute approximate surface area is 85.3 Å². The van der Waals surface area contributed by atoms with E-state index in [1.54, 1.807) is 0 Å². The highest BCUT2D eigenvalue weighted by Crippen LogP contribution is 2.21. The molecule has 0 radical (unpaired) electrons. The number of hydrogen-bond donors (Lipinski definition) is 1. The molecule has 0 aliphatic heterocycles. The predicted molar refractivity (Wildman–Crippen MR) is 63.2 cm³/mol. The van der Waals surface area contributed by atoms with Gasteiger partial charge in [-0.05, 0) is 20.0 Å². The molecule has 1 aliphatic carbocycles. The topological polar surface area (TPSA) is 12.0 Å². The van der Waals surface area contributed by atoms with E-state index in [-0.39, 0.29) is 0 Å². The second-order valence-corrected chi connectivity index (χ2v) is 3.95. The van der Waals surface area contributed by atoms with Crippen LogP contribution in [0.2, 0.25) is 0 Å². The van der Waals surface area contributed by atoms with Crippen LogP contribution in [0.25, 0.3) is 0 Å². The van der Waals surface area contributed by atoms with Crippen LogP contribution in [0.15, 0.2) is 0 Å². The van der Waals surface area contributed by atoms with Gasteiger partial charge >= 0.3 is 0 Å². The Hall–Kier alpha value is -0.0400. The van der Waals surface area contributed by atoms with Crippen molar-refractivity contribution in [3.63, 3.8) is 0 Å². The van der Waals surface area contributed by atoms with E-state index >= 15 is 0 Å². The highest BCUT2D eigenvalue weighted by Gasteiger charge is 2.05. The summed E-state index contributed by atoms with van der Waals surface area (Å²) < 4.78 is 0. The maximum Gasteiger partial charge on any atom is -0.0167 e. The lowest BCUT2D eigenvalue weighted by atomic mass is 9.91. The van der Waals surface area contributed by atoms with E-state index in [9.17, 15) is 0 Å². The summed E-state index contributed by atoms with van der Waals surface area (Å²) in [5.41, 5.74) is 0. The van der Waals surface area contributed by atoms with E-state index in [2.05, 4.69) is 26.1 Å². The van der Waals surface area contributed by atoms with E-state index < -0.39 is 0 Å². The average molecular weight is 187 g/mol. The third-order valence-corrected chi connectivity index (χ3v) is 1.89. The molecular weight excluding hydrogens is 158 g/mol. The molecule has 0 spiro atoms. The van der Waals surface area contributed by atoms with Gasteiger partial charge in [-0.1, -0.05) is 59.3 Å². The van der Waals surface area contributed by atoms with Crippen LogP contribution in [-0.2, 0) is 0 Å². The lowest BCUT2D eigenvalue weighted by molar-refractivity contribution is 0.385. The summed E-state index contributed by atoms with van der Waals surface area (Å²) in [7, 11) is 3.75. The van der Waals surface area contributed by atoms with Gasteiger partial charge in [-0.25, -0.2) is 0 Å². The van der Waals surface area contributed by atoms with Crippen LogP contribution < -0.4 is 5.32 Å². The molecule has 0 aromatic heterocycles. The molecule has 1 rings (SSSR count). The van der Waals surface area contributed by atoms with Crippen LogP contribution in [0.3, 0.4) is 0 Å². The first-order valence-corrected chi connectivity index (χ1v) is 5.81. The monoisotopic (exact) mass is 187 g/mol. The summed E-state index contributed by atoms with van der Waals surface area (Å²) in [6.45, 7) is 6.61. The first-order valence-electron chi connectivity index (χ1n) is 5.81. The average Bonchev–Trinajstić information content (AvgIpc) is 2.08. The molecule has 0 aromatic carbocycles. The molecule has 1 fully saturated rings. The third kappa shape index (κ3) is 18.7. The molecule has 13 heavy (non-hydrogen) atoms. The second kappa shape index (κ2) is 14.5. The van der Waals surface area contributed by atoms with E-state index in [0.717, 1.165) is 5.92 Å². The molecule has 1 aliphatic rings. The summed E-state index contributed by atoms with van der Waals surface area (Å²) in [5, 5.41) is 2.75. The molecule has 0 saturated heterocycles. The van der Waals surface area contributed by atoms with Crippen molar-refractivity contribution in [2.45, 2.75) is 59.3 Å². The van der Waals surface area contributed by atoms with Crippen LogP contribution in [0.1, 0.15) is 59.3 Å². The molecule has 0 bridgehead atoms. The maximum atomic E-state index is 2.75. The highest BCUT2D eigenvalue weighted by atomic mass is 14.7. The van der Waals surface area contributed by atoms with Crippen LogP contribution in [0.5, 0.6) is 0 Å². The predicted octanol–water partition coefficient (Wildman–Crippen LogP) is 3.84. The second-order valence-electron chi connectivity index (χ2n) is 3.95. The Bertz CT molecular complexity index is 63.5. The van der Waals surface area contributed by atoms with E-state index in [1.165, 1.54) is 38.5 Å². The largest absolute Gasteiger partial charge is 0.323 e. The minimum absolute atomic E-state index is 1.04. The molecular formula is C12H29N. The van der Waals surface area contributed by atoms with E-state index in [0.29, 0.717) is 0 Å². The smallest absolute Gasteiger partial charge is 0.0167 e. The molecule has 0 heterocycles. The number of rotatable bonds is 0. The van der Waals surface area contributed by atoms with Crippen molar-refractivity contribution in [2.75, 3.05) is 14.1 Å². The molecule has 0 atom stereocenters. The Morgan fingerprint density at radius 1 is 1.00 bits per heavy atom. The number of nitrogens with one attached hydrogen (secondary N) is 1. The summed E-state index contributed by atoms with van der Waals surface area (Å²) in [5.74, 6) is 1.04. The first-order chi connectivity index (χ1) is 6.22. The van der Waals surface area contributed by atoms with Crippen molar-refractivity contribution in [2.24, 2.45) is 5.92 Å². The Kier molecular flexibility index (Phi) is 17.2. The molecule has 1 saturated carbocycles. The summed E-state index contributed by atoms with van der Waals surface area (Å²) in [4.78, 5) is 0. The Morgan fingerprint density at radius 2 is 1.31 bits per heavy atom. The lowest BCUT2D eigenvalue weighted by Gasteiger charge is -2.15. The third-order valence-electron chi connectivity index (χ3n) is 1.89. The van der Waals surface area contributed by atoms with Gasteiger partial charge < -0.3 is 5.32 Å². The van der Waals surface area contributed by atoms with Crippen molar-refractivity contribution in [1.82, 2.24) is 5.32 Å². The van der Waals surface area contributed by atoms with Gasteiger partial charge in [-0.15, -0.1) is 0 Å². The van der Waals surface area contributed by atoms with Crippen molar-refractivity contribution in [1.29, 1.82) is 0 Å². The minimum atomic E-state index is 1.04. The van der Waals surface area contributed by atoms with Crippen molar-refractivity contribution < 1.29 is 0 Å². The fraction of sp³-hybridized carbons (Fsp3) is 1.00.